The standard InChI is InChI=1S/C21H20ClNO2/c22-16-4-2-1-3-14(16)20-19-12-6-5-11(9-12)18(19)15-10-13(21(24)25)7-8-17(15)23-20/h1-4,7-8,10-12,18-20,23H,5-6,9H2,(H,24,25)/t11-,12-,18-,19+,20+/m0/s1. The van der Waals surface area contributed by atoms with Gasteiger partial charge in [-0.1, -0.05) is 29.8 Å². The van der Waals surface area contributed by atoms with Crippen molar-refractivity contribution in [1.82, 2.24) is 0 Å². The SMILES string of the molecule is O=C(O)c1ccc2c(c1)[C@@H]1[C@H]3CC[C@@H](C3)[C@H]1[C@@H](c1ccccc1Cl)N2. The predicted octanol–water partition coefficient (Wildman–Crippen LogP) is 5.33. The Balaban J connectivity index is 1.65. The van der Waals surface area contributed by atoms with E-state index in [0.29, 0.717) is 29.2 Å². The smallest absolute Gasteiger partial charge is 0.335 e. The van der Waals surface area contributed by atoms with Crippen LogP contribution in [-0.4, -0.2) is 11.1 Å². The number of nitrogens with one attached hydrogen (secondary N) is 1. The molecule has 0 radical (unpaired) electrons. The zero-order chi connectivity index (χ0) is 17.1. The fourth-order valence-electron chi connectivity index (χ4n) is 5.66. The van der Waals surface area contributed by atoms with Crippen molar-refractivity contribution in [2.24, 2.45) is 17.8 Å². The second-order valence-corrected chi connectivity index (χ2v) is 8.09. The van der Waals surface area contributed by atoms with Gasteiger partial charge in [0, 0.05) is 10.7 Å². The molecule has 128 valence electrons. The summed E-state index contributed by atoms with van der Waals surface area (Å²) in [6.45, 7) is 0. The minimum absolute atomic E-state index is 0.206. The van der Waals surface area contributed by atoms with Crippen molar-refractivity contribution in [2.75, 3.05) is 5.32 Å². The Bertz CT molecular complexity index is 865. The van der Waals surface area contributed by atoms with Gasteiger partial charge in [0.1, 0.15) is 0 Å². The number of aromatic carboxylic acids is 1. The number of carbonyl (C=O) groups is 1. The van der Waals surface area contributed by atoms with E-state index >= 15 is 0 Å². The van der Waals surface area contributed by atoms with Gasteiger partial charge in [-0.2, -0.15) is 0 Å². The van der Waals surface area contributed by atoms with Gasteiger partial charge in [0.2, 0.25) is 0 Å². The molecule has 2 N–H and O–H groups in total. The summed E-state index contributed by atoms with van der Waals surface area (Å²) in [6.07, 6.45) is 3.80. The Morgan fingerprint density at radius 2 is 1.88 bits per heavy atom. The Morgan fingerprint density at radius 3 is 2.68 bits per heavy atom. The monoisotopic (exact) mass is 353 g/mol. The molecule has 2 aromatic rings. The molecule has 1 heterocycles. The summed E-state index contributed by atoms with van der Waals surface area (Å²) in [5.41, 5.74) is 3.82. The van der Waals surface area contributed by atoms with Gasteiger partial charge in [-0.15, -0.1) is 0 Å². The lowest BCUT2D eigenvalue weighted by molar-refractivity contribution is 0.0696. The molecule has 3 nitrogen and oxygen atoms in total. The van der Waals surface area contributed by atoms with Crippen molar-refractivity contribution in [2.45, 2.75) is 31.2 Å². The average molecular weight is 354 g/mol. The lowest BCUT2D eigenvalue weighted by Gasteiger charge is -2.43. The van der Waals surface area contributed by atoms with Crippen LogP contribution in [0.2, 0.25) is 5.02 Å². The number of carboxylic acid groups (broad SMARTS) is 1. The molecular formula is C21H20ClNO2. The summed E-state index contributed by atoms with van der Waals surface area (Å²) >= 11 is 6.53. The molecule has 4 heteroatoms. The minimum atomic E-state index is -0.851. The molecule has 2 aliphatic carbocycles. The van der Waals surface area contributed by atoms with Crippen molar-refractivity contribution >= 4 is 23.3 Å². The number of fused-ring (bicyclic) bond motifs is 7. The van der Waals surface area contributed by atoms with E-state index in [0.717, 1.165) is 10.7 Å². The first kappa shape index (κ1) is 15.3. The van der Waals surface area contributed by atoms with Crippen LogP contribution < -0.4 is 5.32 Å². The van der Waals surface area contributed by atoms with Crippen LogP contribution in [0.1, 0.15) is 52.7 Å². The minimum Gasteiger partial charge on any atom is -0.478 e. The molecule has 5 atom stereocenters. The number of anilines is 1. The zero-order valence-electron chi connectivity index (χ0n) is 13.8. The van der Waals surface area contributed by atoms with Gasteiger partial charge in [-0.05, 0) is 78.3 Å². The molecule has 2 bridgehead atoms. The molecule has 0 saturated heterocycles. The maximum Gasteiger partial charge on any atom is 0.335 e. The van der Waals surface area contributed by atoms with Crippen LogP contribution in [-0.2, 0) is 0 Å². The van der Waals surface area contributed by atoms with Crippen molar-refractivity contribution in [1.29, 1.82) is 0 Å². The molecule has 25 heavy (non-hydrogen) atoms. The van der Waals surface area contributed by atoms with Crippen molar-refractivity contribution < 1.29 is 9.90 Å². The molecular weight excluding hydrogens is 334 g/mol. The highest BCUT2D eigenvalue weighted by atomic mass is 35.5. The van der Waals surface area contributed by atoms with E-state index in [4.69, 9.17) is 11.6 Å². The third-order valence-corrected chi connectivity index (χ3v) is 6.92. The topological polar surface area (TPSA) is 49.3 Å². The van der Waals surface area contributed by atoms with E-state index in [1.807, 2.05) is 30.3 Å². The van der Waals surface area contributed by atoms with E-state index in [-0.39, 0.29) is 6.04 Å². The van der Waals surface area contributed by atoms with Crippen LogP contribution in [0, 0.1) is 17.8 Å². The summed E-state index contributed by atoms with van der Waals surface area (Å²) in [4.78, 5) is 11.4. The van der Waals surface area contributed by atoms with Gasteiger partial charge in [0.05, 0.1) is 11.6 Å². The van der Waals surface area contributed by atoms with Gasteiger partial charge in [-0.3, -0.25) is 0 Å². The van der Waals surface area contributed by atoms with Crippen molar-refractivity contribution in [3.8, 4) is 0 Å². The van der Waals surface area contributed by atoms with E-state index in [2.05, 4.69) is 11.4 Å². The number of hydrogen-bond donors (Lipinski definition) is 2. The first-order valence-corrected chi connectivity index (χ1v) is 9.39. The van der Waals surface area contributed by atoms with Crippen LogP contribution in [0.25, 0.3) is 0 Å². The van der Waals surface area contributed by atoms with Gasteiger partial charge in [-0.25, -0.2) is 4.79 Å². The van der Waals surface area contributed by atoms with Gasteiger partial charge in [0.25, 0.3) is 0 Å². The maximum absolute atomic E-state index is 11.4. The lowest BCUT2D eigenvalue weighted by atomic mass is 9.68. The van der Waals surface area contributed by atoms with E-state index in [9.17, 15) is 9.90 Å². The maximum atomic E-state index is 11.4. The average Bonchev–Trinajstić information content (AvgIpc) is 3.23. The van der Waals surface area contributed by atoms with Gasteiger partial charge in [0.15, 0.2) is 0 Å². The first-order valence-electron chi connectivity index (χ1n) is 9.01. The highest BCUT2D eigenvalue weighted by Gasteiger charge is 2.54. The van der Waals surface area contributed by atoms with Crippen LogP contribution in [0.3, 0.4) is 0 Å². The predicted molar refractivity (Wildman–Crippen MR) is 98.3 cm³/mol. The van der Waals surface area contributed by atoms with Crippen LogP contribution >= 0.6 is 11.6 Å². The third-order valence-electron chi connectivity index (χ3n) is 6.57. The van der Waals surface area contributed by atoms with Crippen LogP contribution in [0.5, 0.6) is 0 Å². The molecule has 0 aromatic heterocycles. The first-order chi connectivity index (χ1) is 12.1. The molecule has 5 rings (SSSR count). The molecule has 2 fully saturated rings. The molecule has 3 aliphatic rings. The Hall–Kier alpha value is -2.00. The van der Waals surface area contributed by atoms with Crippen molar-refractivity contribution in [3.63, 3.8) is 0 Å². The number of hydrogen-bond acceptors (Lipinski definition) is 2. The number of rotatable bonds is 2. The van der Waals surface area contributed by atoms with Crippen molar-refractivity contribution in [3.05, 3.63) is 64.2 Å². The largest absolute Gasteiger partial charge is 0.478 e. The van der Waals surface area contributed by atoms with E-state index in [1.54, 1.807) is 6.07 Å². The number of benzene rings is 2. The third kappa shape index (κ3) is 2.22. The lowest BCUT2D eigenvalue weighted by Crippen LogP contribution is -2.35. The van der Waals surface area contributed by atoms with E-state index < -0.39 is 5.97 Å². The molecule has 0 spiro atoms. The molecule has 1 aliphatic heterocycles. The highest BCUT2D eigenvalue weighted by Crippen LogP contribution is 2.64. The highest BCUT2D eigenvalue weighted by molar-refractivity contribution is 6.31. The second kappa shape index (κ2) is 5.50. The summed E-state index contributed by atoms with van der Waals surface area (Å²) in [5, 5.41) is 13.9. The van der Waals surface area contributed by atoms with Gasteiger partial charge < -0.3 is 10.4 Å². The zero-order valence-corrected chi connectivity index (χ0v) is 14.5. The summed E-state index contributed by atoms with van der Waals surface area (Å²) < 4.78 is 0. The van der Waals surface area contributed by atoms with Crippen LogP contribution in [0.15, 0.2) is 42.5 Å². The quantitative estimate of drug-likeness (QED) is 0.766. The Morgan fingerprint density at radius 1 is 1.08 bits per heavy atom. The number of halogens is 1. The normalized spacial score (nSPS) is 32.0. The Kier molecular flexibility index (Phi) is 3.36. The van der Waals surface area contributed by atoms with Crippen LogP contribution in [0.4, 0.5) is 5.69 Å². The second-order valence-electron chi connectivity index (χ2n) is 7.69. The fourth-order valence-corrected chi connectivity index (χ4v) is 5.91. The Labute approximate surface area is 152 Å². The summed E-state index contributed by atoms with van der Waals surface area (Å²) in [5.74, 6) is 1.46. The fraction of sp³-hybridized carbons (Fsp3) is 0.381. The van der Waals surface area contributed by atoms with E-state index in [1.165, 1.54) is 30.4 Å². The molecule has 0 amide bonds. The molecule has 2 saturated carbocycles. The summed E-state index contributed by atoms with van der Waals surface area (Å²) in [6, 6.07) is 13.8. The van der Waals surface area contributed by atoms with Gasteiger partial charge >= 0.3 is 5.97 Å². The molecule has 0 unspecified atom stereocenters. The molecule has 2 aromatic carbocycles. The summed E-state index contributed by atoms with van der Waals surface area (Å²) in [7, 11) is 0. The number of carboxylic acids is 1.